The predicted molar refractivity (Wildman–Crippen MR) is 51.0 cm³/mol. The van der Waals surface area contributed by atoms with E-state index in [1.807, 2.05) is 13.8 Å². The molecule has 1 aromatic heterocycles. The Balaban J connectivity index is 0. The molecule has 1 N–H and O–H groups in total. The molecule has 1 rings (SSSR count). The van der Waals surface area contributed by atoms with Crippen molar-refractivity contribution in [3.05, 3.63) is 12.4 Å². The molecule has 0 bridgehead atoms. The van der Waals surface area contributed by atoms with Crippen molar-refractivity contribution in [1.82, 2.24) is 9.78 Å². The third kappa shape index (κ3) is 3.75. The number of rotatable bonds is 1. The minimum absolute atomic E-state index is 0. The van der Waals surface area contributed by atoms with Crippen LogP contribution in [0.5, 0.6) is 0 Å². The molecule has 0 spiro atoms. The minimum atomic E-state index is -0.0759. The number of amides is 1. The van der Waals surface area contributed by atoms with E-state index in [1.165, 1.54) is 6.92 Å². The third-order valence-corrected chi connectivity index (χ3v) is 1.03. The Morgan fingerprint density at radius 1 is 1.67 bits per heavy atom. The number of aryl methyl sites for hydroxylation is 1. The van der Waals surface area contributed by atoms with Crippen LogP contribution in [0, 0.1) is 0 Å². The fourth-order valence-corrected chi connectivity index (χ4v) is 0.689. The fraction of sp³-hybridized carbons (Fsp3) is 0.500. The molecule has 70 valence electrons. The summed E-state index contributed by atoms with van der Waals surface area (Å²) in [6.45, 7) is 5.47. The molecule has 4 nitrogen and oxygen atoms in total. The maximum Gasteiger partial charge on any atom is 0.221 e. The molecule has 0 saturated heterocycles. The first-order chi connectivity index (χ1) is 5.68. The number of nitrogens with zero attached hydrogens (tertiary/aromatic N) is 2. The molecule has 1 heterocycles. The Morgan fingerprint density at radius 2 is 2.25 bits per heavy atom. The Labute approximate surface area is 74.1 Å². The van der Waals surface area contributed by atoms with Gasteiger partial charge in [-0.05, 0) is 0 Å². The second-order valence-corrected chi connectivity index (χ2v) is 2.08. The van der Waals surface area contributed by atoms with Crippen LogP contribution in [0.1, 0.15) is 22.2 Å². The van der Waals surface area contributed by atoms with Crippen LogP contribution in [0.25, 0.3) is 0 Å². The zero-order valence-electron chi connectivity index (χ0n) is 7.96. The maximum atomic E-state index is 10.5. The van der Waals surface area contributed by atoms with Crippen LogP contribution in [0.15, 0.2) is 12.4 Å². The van der Waals surface area contributed by atoms with Crippen LogP contribution >= 0.6 is 0 Å². The molecular formula is C8H17N3O. The molecular weight excluding hydrogens is 154 g/mol. The fourth-order valence-electron chi connectivity index (χ4n) is 0.689. The van der Waals surface area contributed by atoms with Crippen molar-refractivity contribution in [3.63, 3.8) is 0 Å². The molecule has 0 radical (unpaired) electrons. The lowest BCUT2D eigenvalue weighted by molar-refractivity contribution is -0.114. The Kier molecular flexibility index (Phi) is 4.76. The van der Waals surface area contributed by atoms with E-state index in [9.17, 15) is 4.79 Å². The third-order valence-electron chi connectivity index (χ3n) is 1.03. The summed E-state index contributed by atoms with van der Waals surface area (Å²) >= 11 is 0. The molecule has 12 heavy (non-hydrogen) atoms. The number of anilines is 1. The predicted octanol–water partition coefficient (Wildman–Crippen LogP) is 1.65. The quantitative estimate of drug-likeness (QED) is 0.698. The zero-order valence-corrected chi connectivity index (χ0v) is 7.96. The number of hydrogen-bond acceptors (Lipinski definition) is 2. The summed E-state index contributed by atoms with van der Waals surface area (Å²) in [7, 11) is 1.80. The van der Waals surface area contributed by atoms with Gasteiger partial charge in [-0.3, -0.25) is 9.48 Å². The minimum Gasteiger partial charge on any atom is -0.324 e. The summed E-state index contributed by atoms with van der Waals surface area (Å²) in [5.41, 5.74) is 0.731. The van der Waals surface area contributed by atoms with Crippen molar-refractivity contribution >= 4 is 11.6 Å². The summed E-state index contributed by atoms with van der Waals surface area (Å²) in [5.74, 6) is -0.0759. The number of hydrogen-bond donors (Lipinski definition) is 1. The molecule has 0 unspecified atom stereocenters. The first kappa shape index (κ1) is 10.7. The van der Waals surface area contributed by atoms with Gasteiger partial charge in [-0.15, -0.1) is 0 Å². The van der Waals surface area contributed by atoms with E-state index < -0.39 is 0 Å². The van der Waals surface area contributed by atoms with E-state index in [2.05, 4.69) is 10.4 Å². The van der Waals surface area contributed by atoms with Crippen molar-refractivity contribution in [3.8, 4) is 0 Å². The van der Waals surface area contributed by atoms with Crippen molar-refractivity contribution < 1.29 is 6.22 Å². The van der Waals surface area contributed by atoms with Gasteiger partial charge in [-0.25, -0.2) is 0 Å². The van der Waals surface area contributed by atoms with Gasteiger partial charge in [0, 0.05) is 21.6 Å². The topological polar surface area (TPSA) is 46.9 Å². The first-order valence-corrected chi connectivity index (χ1v) is 3.95. The summed E-state index contributed by atoms with van der Waals surface area (Å²) in [6.07, 6.45) is 3.34. The lowest BCUT2D eigenvalue weighted by Gasteiger charge is -1.92. The zero-order chi connectivity index (χ0) is 9.56. The van der Waals surface area contributed by atoms with Crippen molar-refractivity contribution in [2.75, 3.05) is 5.32 Å². The van der Waals surface area contributed by atoms with Gasteiger partial charge in [-0.1, -0.05) is 13.8 Å². The van der Waals surface area contributed by atoms with Gasteiger partial charge >= 0.3 is 0 Å². The molecule has 1 amide bonds. The maximum absolute atomic E-state index is 10.5. The van der Waals surface area contributed by atoms with E-state index in [-0.39, 0.29) is 7.33 Å². The van der Waals surface area contributed by atoms with E-state index in [0.717, 1.165) is 5.69 Å². The van der Waals surface area contributed by atoms with E-state index in [1.54, 1.807) is 24.1 Å². The largest absolute Gasteiger partial charge is 0.324 e. The molecule has 1 aromatic rings. The summed E-state index contributed by atoms with van der Waals surface area (Å²) < 4.78 is 1.63. The summed E-state index contributed by atoms with van der Waals surface area (Å²) in [5, 5.41) is 6.47. The van der Waals surface area contributed by atoms with Crippen LogP contribution in [0.3, 0.4) is 0 Å². The van der Waals surface area contributed by atoms with Gasteiger partial charge in [0.25, 0.3) is 0 Å². The van der Waals surface area contributed by atoms with E-state index >= 15 is 0 Å². The molecule has 0 aliphatic carbocycles. The van der Waals surface area contributed by atoms with Gasteiger partial charge in [0.2, 0.25) is 5.91 Å². The first-order valence-electron chi connectivity index (χ1n) is 3.95. The Morgan fingerprint density at radius 3 is 2.58 bits per heavy atom. The van der Waals surface area contributed by atoms with Gasteiger partial charge in [-0.2, -0.15) is 5.10 Å². The second-order valence-electron chi connectivity index (χ2n) is 2.08. The van der Waals surface area contributed by atoms with Crippen LogP contribution in [-0.4, -0.2) is 15.7 Å². The van der Waals surface area contributed by atoms with Gasteiger partial charge in [0.15, 0.2) is 0 Å². The Hall–Kier alpha value is -1.32. The highest BCUT2D eigenvalue weighted by molar-refractivity contribution is 5.88. The van der Waals surface area contributed by atoms with Crippen LogP contribution in [0.4, 0.5) is 5.69 Å². The van der Waals surface area contributed by atoms with Gasteiger partial charge in [0.1, 0.15) is 0 Å². The molecule has 4 heteroatoms. The monoisotopic (exact) mass is 171 g/mol. The SMILES string of the molecule is CC.CC(=O)Nc1cnn(C)c1.[HH]. The normalized spacial score (nSPS) is 8.33. The number of carbonyl (C=O) groups is 1. The van der Waals surface area contributed by atoms with E-state index in [4.69, 9.17) is 0 Å². The van der Waals surface area contributed by atoms with Gasteiger partial charge < -0.3 is 5.32 Å². The van der Waals surface area contributed by atoms with Crippen molar-refractivity contribution in [2.24, 2.45) is 7.05 Å². The van der Waals surface area contributed by atoms with Gasteiger partial charge in [0.05, 0.1) is 11.9 Å². The number of nitrogens with one attached hydrogen (secondary N) is 1. The molecule has 0 atom stereocenters. The molecule has 0 aromatic carbocycles. The average molecular weight is 171 g/mol. The molecule has 0 fully saturated rings. The van der Waals surface area contributed by atoms with Crippen molar-refractivity contribution in [1.29, 1.82) is 0 Å². The molecule has 0 aliphatic heterocycles. The summed E-state index contributed by atoms with van der Waals surface area (Å²) in [6, 6.07) is 0. The number of carbonyl (C=O) groups excluding carboxylic acids is 1. The molecule has 0 aliphatic rings. The van der Waals surface area contributed by atoms with E-state index in [0.29, 0.717) is 0 Å². The lowest BCUT2D eigenvalue weighted by Crippen LogP contribution is -2.04. The van der Waals surface area contributed by atoms with Crippen LogP contribution in [-0.2, 0) is 11.8 Å². The second kappa shape index (κ2) is 5.35. The average Bonchev–Trinajstić information content (AvgIpc) is 2.39. The standard InChI is InChI=1S/C6H9N3O.C2H6.H2/c1-5(10)8-6-3-7-9(2)4-6;1-2;/h3-4H,1-2H3,(H,8,10);1-2H3;1H. The van der Waals surface area contributed by atoms with Crippen LogP contribution in [0.2, 0.25) is 0 Å². The lowest BCUT2D eigenvalue weighted by atomic mass is 10.5. The molecule has 0 saturated carbocycles. The highest BCUT2D eigenvalue weighted by Gasteiger charge is 1.95. The van der Waals surface area contributed by atoms with Crippen molar-refractivity contribution in [2.45, 2.75) is 20.8 Å². The highest BCUT2D eigenvalue weighted by atomic mass is 16.1. The van der Waals surface area contributed by atoms with Crippen LogP contribution < -0.4 is 5.32 Å². The summed E-state index contributed by atoms with van der Waals surface area (Å²) in [4.78, 5) is 10.5. The number of aromatic nitrogens is 2. The highest BCUT2D eigenvalue weighted by Crippen LogP contribution is 2.01. The smallest absolute Gasteiger partial charge is 0.221 e. The Bertz CT molecular complexity index is 247.